The fourth-order valence-corrected chi connectivity index (χ4v) is 4.52. The second-order valence-corrected chi connectivity index (χ2v) is 13.0. The highest BCUT2D eigenvalue weighted by atomic mass is 16.6. The third kappa shape index (κ3) is 22.3. The summed E-state index contributed by atoms with van der Waals surface area (Å²) in [6.45, 7) is 17.4. The number of Topliss-reactive ketones (excluding diaryl/α,β-unsaturated/α-hetero) is 2. The van der Waals surface area contributed by atoms with Crippen LogP contribution in [0.25, 0.3) is 0 Å². The van der Waals surface area contributed by atoms with E-state index < -0.39 is 17.4 Å². The van der Waals surface area contributed by atoms with Crippen molar-refractivity contribution in [2.45, 2.75) is 106 Å². The lowest BCUT2D eigenvalue weighted by molar-refractivity contribution is -0.135. The van der Waals surface area contributed by atoms with Crippen LogP contribution in [0.3, 0.4) is 0 Å². The molecule has 0 heterocycles. The molecule has 0 aromatic rings. The van der Waals surface area contributed by atoms with Gasteiger partial charge in [0.25, 0.3) is 0 Å². The summed E-state index contributed by atoms with van der Waals surface area (Å²) in [4.78, 5) is 51.2. The average Bonchev–Trinajstić information content (AvgIpc) is 2.92. The summed E-state index contributed by atoms with van der Waals surface area (Å²) >= 11 is 0. The highest BCUT2D eigenvalue weighted by Crippen LogP contribution is 2.27. The number of hydrogen-bond acceptors (Lipinski definition) is 8. The van der Waals surface area contributed by atoms with E-state index in [2.05, 4.69) is 24.5 Å². The van der Waals surface area contributed by atoms with Gasteiger partial charge in [-0.25, -0.2) is 0 Å². The molecule has 0 rings (SSSR count). The van der Waals surface area contributed by atoms with Crippen molar-refractivity contribution in [1.29, 1.82) is 0 Å². The molecule has 252 valence electrons. The summed E-state index contributed by atoms with van der Waals surface area (Å²) < 4.78 is 21.0. The first-order valence-electron chi connectivity index (χ1n) is 16.1. The van der Waals surface area contributed by atoms with Gasteiger partial charge in [-0.1, -0.05) is 61.3 Å². The molecule has 0 aliphatic carbocycles. The zero-order valence-corrected chi connectivity index (χ0v) is 28.4. The molecule has 2 N–H and O–H groups in total. The lowest BCUT2D eigenvalue weighted by Crippen LogP contribution is -2.45. The molecule has 10 nitrogen and oxygen atoms in total. The van der Waals surface area contributed by atoms with Crippen LogP contribution in [-0.2, 0) is 38.1 Å². The Balaban J connectivity index is 4.48. The Bertz CT molecular complexity index is 779. The largest absolute Gasteiger partial charge is 0.382 e. The number of nitrogens with one attached hydrogen (secondary N) is 2. The maximum atomic E-state index is 13.3. The predicted molar refractivity (Wildman–Crippen MR) is 169 cm³/mol. The van der Waals surface area contributed by atoms with E-state index in [4.69, 9.17) is 18.9 Å². The topological polar surface area (TPSA) is 129 Å². The van der Waals surface area contributed by atoms with Crippen molar-refractivity contribution >= 4 is 23.4 Å². The second kappa shape index (κ2) is 24.4. The summed E-state index contributed by atoms with van der Waals surface area (Å²) in [5, 5.41) is 5.82. The Morgan fingerprint density at radius 1 is 0.698 bits per heavy atom. The highest BCUT2D eigenvalue weighted by molar-refractivity contribution is 5.94. The normalized spacial score (nSPS) is 13.3. The Hall–Kier alpha value is -1.88. The van der Waals surface area contributed by atoms with Crippen molar-refractivity contribution in [3.05, 3.63) is 0 Å². The van der Waals surface area contributed by atoms with Crippen LogP contribution >= 0.6 is 0 Å². The van der Waals surface area contributed by atoms with Crippen molar-refractivity contribution < 1.29 is 38.1 Å². The van der Waals surface area contributed by atoms with Gasteiger partial charge in [0.15, 0.2) is 5.78 Å². The van der Waals surface area contributed by atoms with Crippen molar-refractivity contribution in [2.24, 2.45) is 23.2 Å². The van der Waals surface area contributed by atoms with Gasteiger partial charge < -0.3 is 29.6 Å². The molecule has 0 fully saturated rings. The maximum absolute atomic E-state index is 13.3. The van der Waals surface area contributed by atoms with Gasteiger partial charge in [-0.15, -0.1) is 0 Å². The zero-order chi connectivity index (χ0) is 32.7. The standard InChI is InChI=1S/C33H62N2O8/c1-25(2)12-11-14-30(38)35-31(26(3)4)28(36)24-27(32(39)33(5,6)7)13-9-10-16-34-29(37)15-17-41-20-21-43-23-22-42-19-18-40-8/h25-27,31H,9-24H2,1-8H3,(H,34,37)(H,35,38)/t27-,31+/m1/s1. The Kier molecular flexibility index (Phi) is 23.4. The summed E-state index contributed by atoms with van der Waals surface area (Å²) in [5.41, 5.74) is -0.574. The van der Waals surface area contributed by atoms with Crippen LogP contribution in [0.15, 0.2) is 0 Å². The first-order chi connectivity index (χ1) is 20.3. The van der Waals surface area contributed by atoms with E-state index in [1.54, 1.807) is 7.11 Å². The molecule has 0 aliphatic heterocycles. The van der Waals surface area contributed by atoms with E-state index >= 15 is 0 Å². The van der Waals surface area contributed by atoms with E-state index in [0.29, 0.717) is 84.4 Å². The van der Waals surface area contributed by atoms with Crippen LogP contribution in [-0.4, -0.2) is 89.3 Å². The van der Waals surface area contributed by atoms with Crippen molar-refractivity contribution in [1.82, 2.24) is 10.6 Å². The molecule has 2 atom stereocenters. The summed E-state index contributed by atoms with van der Waals surface area (Å²) in [6, 6.07) is -0.602. The van der Waals surface area contributed by atoms with E-state index in [0.717, 1.165) is 12.8 Å². The minimum atomic E-state index is -0.602. The van der Waals surface area contributed by atoms with E-state index in [1.165, 1.54) is 0 Å². The summed E-state index contributed by atoms with van der Waals surface area (Å²) in [6.07, 6.45) is 4.50. The minimum Gasteiger partial charge on any atom is -0.382 e. The van der Waals surface area contributed by atoms with Gasteiger partial charge in [-0.3, -0.25) is 19.2 Å². The molecule has 0 saturated heterocycles. The smallest absolute Gasteiger partial charge is 0.222 e. The number of amides is 2. The average molecular weight is 615 g/mol. The van der Waals surface area contributed by atoms with Crippen LogP contribution in [0.2, 0.25) is 0 Å². The number of ether oxygens (including phenoxy) is 4. The van der Waals surface area contributed by atoms with E-state index in [9.17, 15) is 19.2 Å². The third-order valence-corrected chi connectivity index (χ3v) is 7.02. The fourth-order valence-electron chi connectivity index (χ4n) is 4.52. The molecule has 0 unspecified atom stereocenters. The third-order valence-electron chi connectivity index (χ3n) is 7.02. The quantitative estimate of drug-likeness (QED) is 0.129. The zero-order valence-electron chi connectivity index (χ0n) is 28.4. The van der Waals surface area contributed by atoms with Crippen LogP contribution in [0.4, 0.5) is 0 Å². The monoisotopic (exact) mass is 614 g/mol. The van der Waals surface area contributed by atoms with Gasteiger partial charge in [0.1, 0.15) is 5.78 Å². The molecular weight excluding hydrogens is 552 g/mol. The van der Waals surface area contributed by atoms with Crippen molar-refractivity contribution in [3.8, 4) is 0 Å². The fraction of sp³-hybridized carbons (Fsp3) is 0.879. The number of ketones is 2. The van der Waals surface area contributed by atoms with Gasteiger partial charge in [0.2, 0.25) is 11.8 Å². The SMILES string of the molecule is COCCOCCOCCOCCC(=O)NCCCC[C@H](CC(=O)[C@@H](NC(=O)CCCC(C)C)C(C)C)C(=O)C(C)(C)C. The van der Waals surface area contributed by atoms with Gasteiger partial charge in [-0.2, -0.15) is 0 Å². The number of carbonyl (C=O) groups is 4. The van der Waals surface area contributed by atoms with E-state index in [1.807, 2.05) is 34.6 Å². The molecule has 0 spiro atoms. The predicted octanol–water partition coefficient (Wildman–Crippen LogP) is 4.52. The first-order valence-corrected chi connectivity index (χ1v) is 16.1. The molecule has 0 bridgehead atoms. The van der Waals surface area contributed by atoms with Crippen LogP contribution in [0.1, 0.15) is 99.8 Å². The highest BCUT2D eigenvalue weighted by Gasteiger charge is 2.33. The molecule has 10 heteroatoms. The van der Waals surface area contributed by atoms with Gasteiger partial charge >= 0.3 is 0 Å². The summed E-state index contributed by atoms with van der Waals surface area (Å²) in [7, 11) is 1.63. The van der Waals surface area contributed by atoms with Gasteiger partial charge in [0.05, 0.1) is 52.3 Å². The molecule has 0 saturated carbocycles. The lowest BCUT2D eigenvalue weighted by atomic mass is 9.77. The van der Waals surface area contributed by atoms with Crippen LogP contribution in [0, 0.1) is 23.2 Å². The minimum absolute atomic E-state index is 0.0513. The van der Waals surface area contributed by atoms with Gasteiger partial charge in [0, 0.05) is 44.2 Å². The first kappa shape index (κ1) is 41.1. The number of hydrogen-bond donors (Lipinski definition) is 2. The maximum Gasteiger partial charge on any atom is 0.222 e. The number of methoxy groups -OCH3 is 1. The molecule has 2 amide bonds. The van der Waals surface area contributed by atoms with Gasteiger partial charge in [-0.05, 0) is 31.1 Å². The molecule has 0 radical (unpaired) electrons. The molecule has 0 aromatic heterocycles. The van der Waals surface area contributed by atoms with Crippen LogP contribution < -0.4 is 10.6 Å². The van der Waals surface area contributed by atoms with E-state index in [-0.39, 0.29) is 42.1 Å². The second-order valence-electron chi connectivity index (χ2n) is 13.0. The van der Waals surface area contributed by atoms with Crippen molar-refractivity contribution in [2.75, 3.05) is 59.9 Å². The molecule has 0 aliphatic rings. The Morgan fingerprint density at radius 3 is 1.81 bits per heavy atom. The molecular formula is C33H62N2O8. The summed E-state index contributed by atoms with van der Waals surface area (Å²) in [5.74, 6) is -0.201. The Morgan fingerprint density at radius 2 is 1.28 bits per heavy atom. The number of unbranched alkanes of at least 4 members (excludes halogenated alkanes) is 1. The van der Waals surface area contributed by atoms with Crippen molar-refractivity contribution in [3.63, 3.8) is 0 Å². The number of rotatable bonds is 27. The number of carbonyl (C=O) groups excluding carboxylic acids is 4. The lowest BCUT2D eigenvalue weighted by Gasteiger charge is -2.27. The molecule has 0 aromatic carbocycles. The molecule has 43 heavy (non-hydrogen) atoms. The Labute approximate surface area is 261 Å². The van der Waals surface area contributed by atoms with Crippen LogP contribution in [0.5, 0.6) is 0 Å².